The Morgan fingerprint density at radius 2 is 1.95 bits per heavy atom. The van der Waals surface area contributed by atoms with E-state index in [0.29, 0.717) is 0 Å². The molecule has 0 atom stereocenters. The van der Waals surface area contributed by atoms with Crippen LogP contribution < -0.4 is 0 Å². The molecular formula is C18H18O2S. The summed E-state index contributed by atoms with van der Waals surface area (Å²) in [5.74, 6) is -0.203. The molecule has 0 unspecified atom stereocenters. The Morgan fingerprint density at radius 3 is 2.67 bits per heavy atom. The molecule has 0 N–H and O–H groups in total. The second kappa shape index (κ2) is 5.86. The third kappa shape index (κ3) is 2.93. The molecule has 1 aliphatic rings. The number of fused-ring (bicyclic) bond motifs is 1. The van der Waals surface area contributed by atoms with Crippen molar-refractivity contribution in [3.63, 3.8) is 0 Å². The molecule has 0 aliphatic heterocycles. The lowest BCUT2D eigenvalue weighted by molar-refractivity contribution is -0.136. The van der Waals surface area contributed by atoms with Gasteiger partial charge < -0.3 is 4.74 Å². The summed E-state index contributed by atoms with van der Waals surface area (Å²) in [5.41, 5.74) is 4.47. The van der Waals surface area contributed by atoms with Crippen molar-refractivity contribution in [1.82, 2.24) is 0 Å². The van der Waals surface area contributed by atoms with Gasteiger partial charge in [0, 0.05) is 15.3 Å². The molecule has 0 saturated heterocycles. The fourth-order valence-electron chi connectivity index (χ4n) is 2.61. The van der Waals surface area contributed by atoms with Gasteiger partial charge in [0.25, 0.3) is 0 Å². The molecule has 0 saturated carbocycles. The van der Waals surface area contributed by atoms with Gasteiger partial charge in [-0.3, -0.25) is 0 Å². The standard InChI is InChI=1S/C18H18O2S/c1-12-6-8-13(9-7-12)17-11-15-10-14(18(19)20-2)4-3-5-16(15)21-17/h6-11H,3-5H2,1-2H3. The first-order valence-electron chi connectivity index (χ1n) is 7.16. The summed E-state index contributed by atoms with van der Waals surface area (Å²) >= 11 is 1.83. The minimum Gasteiger partial charge on any atom is -0.466 e. The third-order valence-electron chi connectivity index (χ3n) is 3.81. The van der Waals surface area contributed by atoms with Gasteiger partial charge in [-0.25, -0.2) is 4.79 Å². The molecule has 0 fully saturated rings. The number of hydrogen-bond donors (Lipinski definition) is 0. The van der Waals surface area contributed by atoms with Crippen LogP contribution in [0.15, 0.2) is 35.9 Å². The normalized spacial score (nSPS) is 14.1. The minimum atomic E-state index is -0.203. The predicted molar refractivity (Wildman–Crippen MR) is 87.4 cm³/mol. The zero-order valence-electron chi connectivity index (χ0n) is 12.3. The molecule has 2 nitrogen and oxygen atoms in total. The summed E-state index contributed by atoms with van der Waals surface area (Å²) in [7, 11) is 1.44. The van der Waals surface area contributed by atoms with Gasteiger partial charge in [-0.2, -0.15) is 0 Å². The number of methoxy groups -OCH3 is 1. The SMILES string of the molecule is COC(=O)C1=Cc2cc(-c3ccc(C)cc3)sc2CCC1. The molecule has 1 heterocycles. The Hall–Kier alpha value is -1.87. The van der Waals surface area contributed by atoms with Crippen LogP contribution in [0.3, 0.4) is 0 Å². The molecular weight excluding hydrogens is 280 g/mol. The van der Waals surface area contributed by atoms with Crippen LogP contribution >= 0.6 is 11.3 Å². The molecule has 0 radical (unpaired) electrons. The monoisotopic (exact) mass is 298 g/mol. The Balaban J connectivity index is 1.98. The summed E-state index contributed by atoms with van der Waals surface area (Å²) in [6, 6.07) is 10.8. The van der Waals surface area contributed by atoms with E-state index in [1.165, 1.54) is 33.6 Å². The molecule has 1 aromatic heterocycles. The Labute approximate surface area is 129 Å². The van der Waals surface area contributed by atoms with Gasteiger partial charge in [0.1, 0.15) is 0 Å². The molecule has 21 heavy (non-hydrogen) atoms. The van der Waals surface area contributed by atoms with Crippen LogP contribution in [-0.2, 0) is 16.0 Å². The smallest absolute Gasteiger partial charge is 0.333 e. The highest BCUT2D eigenvalue weighted by molar-refractivity contribution is 7.15. The first-order chi connectivity index (χ1) is 10.2. The topological polar surface area (TPSA) is 26.3 Å². The zero-order valence-corrected chi connectivity index (χ0v) is 13.1. The van der Waals surface area contributed by atoms with Gasteiger partial charge in [-0.1, -0.05) is 29.8 Å². The molecule has 0 spiro atoms. The lowest BCUT2D eigenvalue weighted by Gasteiger charge is -2.02. The van der Waals surface area contributed by atoms with Crippen LogP contribution in [0.5, 0.6) is 0 Å². The number of hydrogen-bond acceptors (Lipinski definition) is 3. The number of carbonyl (C=O) groups is 1. The molecule has 3 rings (SSSR count). The second-order valence-electron chi connectivity index (χ2n) is 5.37. The second-order valence-corrected chi connectivity index (χ2v) is 6.51. The summed E-state index contributed by atoms with van der Waals surface area (Å²) in [6.07, 6.45) is 4.83. The van der Waals surface area contributed by atoms with Gasteiger partial charge in [-0.15, -0.1) is 11.3 Å². The lowest BCUT2D eigenvalue weighted by Crippen LogP contribution is -2.03. The third-order valence-corrected chi connectivity index (χ3v) is 5.06. The van der Waals surface area contributed by atoms with E-state index in [1.807, 2.05) is 17.4 Å². The number of thiophene rings is 1. The average molecular weight is 298 g/mol. The highest BCUT2D eigenvalue weighted by Gasteiger charge is 2.17. The Kier molecular flexibility index (Phi) is 3.93. The van der Waals surface area contributed by atoms with Gasteiger partial charge in [0.05, 0.1) is 7.11 Å². The van der Waals surface area contributed by atoms with Crippen LogP contribution in [0.1, 0.15) is 28.8 Å². The first kappa shape index (κ1) is 14.1. The van der Waals surface area contributed by atoms with Crippen LogP contribution in [0, 0.1) is 6.92 Å². The van der Waals surface area contributed by atoms with Crippen LogP contribution in [-0.4, -0.2) is 13.1 Å². The van der Waals surface area contributed by atoms with E-state index >= 15 is 0 Å². The maximum Gasteiger partial charge on any atom is 0.333 e. The largest absolute Gasteiger partial charge is 0.466 e. The van der Waals surface area contributed by atoms with Crippen molar-refractivity contribution in [2.24, 2.45) is 0 Å². The number of esters is 1. The van der Waals surface area contributed by atoms with E-state index in [9.17, 15) is 4.79 Å². The maximum absolute atomic E-state index is 11.8. The summed E-state index contributed by atoms with van der Waals surface area (Å²) < 4.78 is 4.86. The van der Waals surface area contributed by atoms with E-state index < -0.39 is 0 Å². The molecule has 3 heteroatoms. The number of rotatable bonds is 2. The van der Waals surface area contributed by atoms with Gasteiger partial charge in [0.15, 0.2) is 0 Å². The van der Waals surface area contributed by atoms with Crippen molar-refractivity contribution in [1.29, 1.82) is 0 Å². The van der Waals surface area contributed by atoms with Crippen LogP contribution in [0.25, 0.3) is 16.5 Å². The number of benzene rings is 1. The van der Waals surface area contributed by atoms with Crippen molar-refractivity contribution >= 4 is 23.4 Å². The van der Waals surface area contributed by atoms with Crippen molar-refractivity contribution in [2.75, 3.05) is 7.11 Å². The van der Waals surface area contributed by atoms with Crippen LogP contribution in [0.2, 0.25) is 0 Å². The van der Waals surface area contributed by atoms with Crippen molar-refractivity contribution in [3.05, 3.63) is 51.9 Å². The molecule has 0 amide bonds. The van der Waals surface area contributed by atoms with Crippen molar-refractivity contribution in [2.45, 2.75) is 26.2 Å². The number of carbonyl (C=O) groups excluding carboxylic acids is 1. The zero-order chi connectivity index (χ0) is 14.8. The van der Waals surface area contributed by atoms with Gasteiger partial charge in [-0.05, 0) is 49.5 Å². The quantitative estimate of drug-likeness (QED) is 0.756. The van der Waals surface area contributed by atoms with E-state index in [1.54, 1.807) is 0 Å². The molecule has 108 valence electrons. The average Bonchev–Trinajstić information content (AvgIpc) is 2.79. The van der Waals surface area contributed by atoms with E-state index in [4.69, 9.17) is 4.74 Å². The Bertz CT molecular complexity index is 693. The fraction of sp³-hybridized carbons (Fsp3) is 0.278. The van der Waals surface area contributed by atoms with Crippen LogP contribution in [0.4, 0.5) is 0 Å². The highest BCUT2D eigenvalue weighted by Crippen LogP contribution is 2.36. The Morgan fingerprint density at radius 1 is 1.19 bits per heavy atom. The van der Waals surface area contributed by atoms with E-state index in [0.717, 1.165) is 24.8 Å². The lowest BCUT2D eigenvalue weighted by atomic mass is 10.1. The minimum absolute atomic E-state index is 0.203. The van der Waals surface area contributed by atoms with Gasteiger partial charge >= 0.3 is 5.97 Å². The fourth-order valence-corrected chi connectivity index (χ4v) is 3.80. The van der Waals surface area contributed by atoms with E-state index in [-0.39, 0.29) is 5.97 Å². The number of aryl methyl sites for hydroxylation is 2. The molecule has 1 aromatic carbocycles. The predicted octanol–water partition coefficient (Wildman–Crippen LogP) is 4.62. The van der Waals surface area contributed by atoms with Crippen molar-refractivity contribution < 1.29 is 9.53 Å². The number of ether oxygens (including phenoxy) is 1. The molecule has 2 aromatic rings. The highest BCUT2D eigenvalue weighted by atomic mass is 32.1. The maximum atomic E-state index is 11.8. The summed E-state index contributed by atoms with van der Waals surface area (Å²) in [5, 5.41) is 0. The summed E-state index contributed by atoms with van der Waals surface area (Å²) in [6.45, 7) is 2.10. The summed E-state index contributed by atoms with van der Waals surface area (Å²) in [4.78, 5) is 14.4. The molecule has 1 aliphatic carbocycles. The van der Waals surface area contributed by atoms with E-state index in [2.05, 4.69) is 37.3 Å². The van der Waals surface area contributed by atoms with Crippen molar-refractivity contribution in [3.8, 4) is 10.4 Å². The first-order valence-corrected chi connectivity index (χ1v) is 7.97. The van der Waals surface area contributed by atoms with Gasteiger partial charge in [0.2, 0.25) is 0 Å². The molecule has 0 bridgehead atoms.